The molecule has 0 fully saturated rings. The van der Waals surface area contributed by atoms with Crippen LogP contribution in [0.1, 0.15) is 42.1 Å². The maximum atomic E-state index is 5.41. The molecule has 0 amide bonds. The molecule has 1 aliphatic rings. The van der Waals surface area contributed by atoms with Crippen molar-refractivity contribution in [2.45, 2.75) is 44.6 Å². The standard InChI is InChI=1S/C16H21N3O/c1-3-14(17-2)10-15-18-16(19-20-15)13-8-11-6-4-5-7-12(11)9-13/h4-7,13-14,17H,3,8-10H2,1-2H3. The van der Waals surface area contributed by atoms with E-state index in [0.29, 0.717) is 12.0 Å². The molecule has 3 rings (SSSR count). The molecule has 1 N–H and O–H groups in total. The molecule has 4 nitrogen and oxygen atoms in total. The van der Waals surface area contributed by atoms with E-state index < -0.39 is 0 Å². The lowest BCUT2D eigenvalue weighted by Gasteiger charge is -2.09. The summed E-state index contributed by atoms with van der Waals surface area (Å²) in [5.41, 5.74) is 2.84. The summed E-state index contributed by atoms with van der Waals surface area (Å²) in [6.45, 7) is 2.16. The van der Waals surface area contributed by atoms with Gasteiger partial charge >= 0.3 is 0 Å². The lowest BCUT2D eigenvalue weighted by Crippen LogP contribution is -2.26. The van der Waals surface area contributed by atoms with Crippen molar-refractivity contribution >= 4 is 0 Å². The third kappa shape index (κ3) is 2.61. The van der Waals surface area contributed by atoms with Crippen LogP contribution in [-0.2, 0) is 19.3 Å². The smallest absolute Gasteiger partial charge is 0.228 e. The number of rotatable bonds is 5. The molecule has 1 aliphatic carbocycles. The molecule has 1 atom stereocenters. The molecule has 20 heavy (non-hydrogen) atoms. The van der Waals surface area contributed by atoms with Crippen LogP contribution in [-0.4, -0.2) is 23.2 Å². The van der Waals surface area contributed by atoms with Crippen LogP contribution >= 0.6 is 0 Å². The lowest BCUT2D eigenvalue weighted by molar-refractivity contribution is 0.352. The third-order valence-corrected chi connectivity index (χ3v) is 4.22. The van der Waals surface area contributed by atoms with Crippen LogP contribution < -0.4 is 5.32 Å². The number of likely N-dealkylation sites (N-methyl/N-ethyl adjacent to an activating group) is 1. The molecule has 0 aliphatic heterocycles. The van der Waals surface area contributed by atoms with Crippen LogP contribution in [0, 0.1) is 0 Å². The van der Waals surface area contributed by atoms with Crippen molar-refractivity contribution in [1.29, 1.82) is 0 Å². The second-order valence-electron chi connectivity index (χ2n) is 5.52. The highest BCUT2D eigenvalue weighted by Gasteiger charge is 2.26. The average Bonchev–Trinajstić information content (AvgIpc) is 3.10. The predicted octanol–water partition coefficient (Wildman–Crippen LogP) is 2.49. The van der Waals surface area contributed by atoms with Crippen LogP contribution in [0.5, 0.6) is 0 Å². The quantitative estimate of drug-likeness (QED) is 0.907. The van der Waals surface area contributed by atoms with Gasteiger partial charge in [-0.1, -0.05) is 36.3 Å². The Kier molecular flexibility index (Phi) is 3.83. The van der Waals surface area contributed by atoms with Crippen LogP contribution in [0.3, 0.4) is 0 Å². The van der Waals surface area contributed by atoms with Crippen molar-refractivity contribution in [3.05, 3.63) is 47.1 Å². The van der Waals surface area contributed by atoms with E-state index in [9.17, 15) is 0 Å². The number of aromatic nitrogens is 2. The predicted molar refractivity (Wildman–Crippen MR) is 77.7 cm³/mol. The maximum Gasteiger partial charge on any atom is 0.228 e. The van der Waals surface area contributed by atoms with E-state index in [4.69, 9.17) is 4.52 Å². The van der Waals surface area contributed by atoms with Gasteiger partial charge in [0.05, 0.1) is 0 Å². The molecule has 0 bridgehead atoms. The van der Waals surface area contributed by atoms with Gasteiger partial charge in [-0.2, -0.15) is 4.98 Å². The summed E-state index contributed by atoms with van der Waals surface area (Å²) < 4.78 is 5.41. The number of nitrogens with one attached hydrogen (secondary N) is 1. The van der Waals surface area contributed by atoms with Gasteiger partial charge < -0.3 is 9.84 Å². The summed E-state index contributed by atoms with van der Waals surface area (Å²) in [7, 11) is 1.97. The number of benzene rings is 1. The molecule has 0 radical (unpaired) electrons. The monoisotopic (exact) mass is 271 g/mol. The largest absolute Gasteiger partial charge is 0.339 e. The zero-order valence-corrected chi connectivity index (χ0v) is 12.1. The van der Waals surface area contributed by atoms with Crippen LogP contribution in [0.4, 0.5) is 0 Å². The Bertz CT molecular complexity index is 550. The number of hydrogen-bond acceptors (Lipinski definition) is 4. The number of nitrogens with zero attached hydrogens (tertiary/aromatic N) is 2. The van der Waals surface area contributed by atoms with E-state index in [-0.39, 0.29) is 0 Å². The summed E-state index contributed by atoms with van der Waals surface area (Å²) >= 11 is 0. The topological polar surface area (TPSA) is 51.0 Å². The van der Waals surface area contributed by atoms with Gasteiger partial charge in [0.15, 0.2) is 5.82 Å². The van der Waals surface area contributed by atoms with Crippen LogP contribution in [0.15, 0.2) is 28.8 Å². The first-order chi connectivity index (χ1) is 9.80. The molecular weight excluding hydrogens is 250 g/mol. The van der Waals surface area contributed by atoms with Crippen LogP contribution in [0.2, 0.25) is 0 Å². The first-order valence-electron chi connectivity index (χ1n) is 7.36. The first kappa shape index (κ1) is 13.3. The minimum atomic E-state index is 0.375. The highest BCUT2D eigenvalue weighted by molar-refractivity contribution is 5.34. The molecule has 0 saturated carbocycles. The van der Waals surface area contributed by atoms with E-state index >= 15 is 0 Å². The summed E-state index contributed by atoms with van der Waals surface area (Å²) in [6.07, 6.45) is 3.92. The molecule has 2 aromatic rings. The Labute approximate surface area is 119 Å². The SMILES string of the molecule is CCC(Cc1nc(C2Cc3ccccc3C2)no1)NC. The van der Waals surface area contributed by atoms with Gasteiger partial charge in [0.2, 0.25) is 5.89 Å². The Morgan fingerprint density at radius 2 is 2.00 bits per heavy atom. The highest BCUT2D eigenvalue weighted by Crippen LogP contribution is 2.32. The molecule has 0 saturated heterocycles. The zero-order chi connectivity index (χ0) is 13.9. The fourth-order valence-corrected chi connectivity index (χ4v) is 2.92. The maximum absolute atomic E-state index is 5.41. The molecule has 1 unspecified atom stereocenters. The first-order valence-corrected chi connectivity index (χ1v) is 7.36. The van der Waals surface area contributed by atoms with Crippen molar-refractivity contribution in [3.63, 3.8) is 0 Å². The fraction of sp³-hybridized carbons (Fsp3) is 0.500. The van der Waals surface area contributed by atoms with Crippen molar-refractivity contribution in [2.75, 3.05) is 7.05 Å². The van der Waals surface area contributed by atoms with E-state index in [2.05, 4.69) is 46.6 Å². The van der Waals surface area contributed by atoms with Crippen molar-refractivity contribution in [3.8, 4) is 0 Å². The number of hydrogen-bond donors (Lipinski definition) is 1. The minimum Gasteiger partial charge on any atom is -0.339 e. The highest BCUT2D eigenvalue weighted by atomic mass is 16.5. The molecule has 1 aromatic carbocycles. The van der Waals surface area contributed by atoms with E-state index in [1.165, 1.54) is 11.1 Å². The molecule has 106 valence electrons. The van der Waals surface area contributed by atoms with E-state index in [1.54, 1.807) is 0 Å². The Balaban J connectivity index is 1.70. The Morgan fingerprint density at radius 1 is 1.30 bits per heavy atom. The lowest BCUT2D eigenvalue weighted by atomic mass is 10.1. The summed E-state index contributed by atoms with van der Waals surface area (Å²) in [5.74, 6) is 1.99. The minimum absolute atomic E-state index is 0.375. The van der Waals surface area contributed by atoms with Gasteiger partial charge in [-0.3, -0.25) is 0 Å². The van der Waals surface area contributed by atoms with Crippen LogP contribution in [0.25, 0.3) is 0 Å². The van der Waals surface area contributed by atoms with Crippen molar-refractivity contribution in [2.24, 2.45) is 0 Å². The Morgan fingerprint density at radius 3 is 2.60 bits per heavy atom. The van der Waals surface area contributed by atoms with Gasteiger partial charge in [-0.05, 0) is 37.4 Å². The molecule has 4 heteroatoms. The van der Waals surface area contributed by atoms with Crippen molar-refractivity contribution < 1.29 is 4.52 Å². The van der Waals surface area contributed by atoms with E-state index in [1.807, 2.05) is 7.05 Å². The number of fused-ring (bicyclic) bond motifs is 1. The second kappa shape index (κ2) is 5.75. The second-order valence-corrected chi connectivity index (χ2v) is 5.52. The average molecular weight is 271 g/mol. The fourth-order valence-electron chi connectivity index (χ4n) is 2.92. The van der Waals surface area contributed by atoms with Gasteiger partial charge in [0.25, 0.3) is 0 Å². The van der Waals surface area contributed by atoms with E-state index in [0.717, 1.165) is 37.4 Å². The summed E-state index contributed by atoms with van der Waals surface area (Å²) in [4.78, 5) is 4.59. The Hall–Kier alpha value is -1.68. The third-order valence-electron chi connectivity index (χ3n) is 4.22. The normalized spacial score (nSPS) is 16.3. The van der Waals surface area contributed by atoms with Gasteiger partial charge in [0.1, 0.15) is 0 Å². The molecular formula is C16H21N3O. The molecule has 1 aromatic heterocycles. The van der Waals surface area contributed by atoms with Gasteiger partial charge in [-0.25, -0.2) is 0 Å². The van der Waals surface area contributed by atoms with Crippen molar-refractivity contribution in [1.82, 2.24) is 15.5 Å². The molecule has 0 spiro atoms. The zero-order valence-electron chi connectivity index (χ0n) is 12.1. The summed E-state index contributed by atoms with van der Waals surface area (Å²) in [5, 5.41) is 7.45. The van der Waals surface area contributed by atoms with Gasteiger partial charge in [-0.15, -0.1) is 0 Å². The molecule has 1 heterocycles. The summed E-state index contributed by atoms with van der Waals surface area (Å²) in [6, 6.07) is 9.00. The van der Waals surface area contributed by atoms with Gasteiger partial charge in [0, 0.05) is 18.4 Å².